The van der Waals surface area contributed by atoms with Gasteiger partial charge in [0, 0.05) is 5.56 Å². The fraction of sp³-hybridized carbons (Fsp3) is 0.148. The average molecular weight is 526 g/mol. The van der Waals surface area contributed by atoms with Crippen LogP contribution in [0, 0.1) is 11.6 Å². The van der Waals surface area contributed by atoms with E-state index in [1.807, 2.05) is 0 Å². The van der Waals surface area contributed by atoms with Gasteiger partial charge in [-0.25, -0.2) is 18.7 Å². The van der Waals surface area contributed by atoms with Gasteiger partial charge >= 0.3 is 6.18 Å². The summed E-state index contributed by atoms with van der Waals surface area (Å²) in [6.07, 6.45) is -1.56. The molecule has 3 aromatic carbocycles. The molecule has 0 saturated heterocycles. The minimum Gasteiger partial charge on any atom is -0.497 e. The zero-order valence-corrected chi connectivity index (χ0v) is 20.1. The molecule has 0 amide bonds. The third kappa shape index (κ3) is 4.74. The number of alkyl halides is 3. The van der Waals surface area contributed by atoms with E-state index < -0.39 is 23.4 Å². The van der Waals surface area contributed by atoms with Gasteiger partial charge in [0.1, 0.15) is 22.9 Å². The Hall–Kier alpha value is -4.54. The van der Waals surface area contributed by atoms with Gasteiger partial charge in [0.15, 0.2) is 17.5 Å². The van der Waals surface area contributed by atoms with Crippen molar-refractivity contribution in [1.82, 2.24) is 19.7 Å². The highest BCUT2D eigenvalue weighted by molar-refractivity contribution is 5.75. The maximum Gasteiger partial charge on any atom is 0.417 e. The third-order valence-electron chi connectivity index (χ3n) is 5.94. The number of halogens is 5. The second-order valence-electron chi connectivity index (χ2n) is 8.33. The molecule has 0 fully saturated rings. The van der Waals surface area contributed by atoms with Crippen molar-refractivity contribution in [3.05, 3.63) is 89.8 Å². The van der Waals surface area contributed by atoms with E-state index in [2.05, 4.69) is 15.1 Å². The van der Waals surface area contributed by atoms with Crippen LogP contribution >= 0.6 is 0 Å². The van der Waals surface area contributed by atoms with E-state index in [4.69, 9.17) is 9.47 Å². The van der Waals surface area contributed by atoms with Crippen molar-refractivity contribution in [2.45, 2.75) is 12.7 Å². The molecule has 0 N–H and O–H groups in total. The van der Waals surface area contributed by atoms with Gasteiger partial charge in [-0.2, -0.15) is 18.3 Å². The van der Waals surface area contributed by atoms with Crippen LogP contribution in [0.2, 0.25) is 0 Å². The lowest BCUT2D eigenvalue weighted by Crippen LogP contribution is -2.08. The molecule has 0 spiro atoms. The molecule has 38 heavy (non-hydrogen) atoms. The second kappa shape index (κ2) is 9.73. The average Bonchev–Trinajstić information content (AvgIpc) is 3.32. The molecule has 6 nitrogen and oxygen atoms in total. The molecular formula is C27H19F5N4O2. The Labute approximate surface area is 213 Å². The molecule has 0 unspecified atom stereocenters. The summed E-state index contributed by atoms with van der Waals surface area (Å²) in [5.41, 5.74) is 0.818. The predicted octanol–water partition coefficient (Wildman–Crippen LogP) is 6.47. The van der Waals surface area contributed by atoms with Gasteiger partial charge in [-0.15, -0.1) is 0 Å². The quantitative estimate of drug-likeness (QED) is 0.237. The Bertz CT molecular complexity index is 1600. The van der Waals surface area contributed by atoms with Gasteiger partial charge in [-0.3, -0.25) is 4.68 Å². The van der Waals surface area contributed by atoms with Crippen LogP contribution in [0.5, 0.6) is 11.5 Å². The number of ether oxygens (including phenoxy) is 2. The molecule has 0 saturated carbocycles. The van der Waals surface area contributed by atoms with Crippen LogP contribution in [0.1, 0.15) is 11.1 Å². The van der Waals surface area contributed by atoms with Crippen molar-refractivity contribution in [2.24, 2.45) is 0 Å². The molecular weight excluding hydrogens is 507 g/mol. The Morgan fingerprint density at radius 2 is 1.61 bits per heavy atom. The third-order valence-corrected chi connectivity index (χ3v) is 5.94. The minimum absolute atomic E-state index is 0.0301. The lowest BCUT2D eigenvalue weighted by molar-refractivity contribution is -0.137. The van der Waals surface area contributed by atoms with Crippen molar-refractivity contribution in [2.75, 3.05) is 14.2 Å². The molecule has 2 aliphatic heterocycles. The summed E-state index contributed by atoms with van der Waals surface area (Å²) in [5.74, 6) is -1.67. The van der Waals surface area contributed by atoms with Crippen molar-refractivity contribution in [1.29, 1.82) is 0 Å². The molecule has 11 heteroatoms. The lowest BCUT2D eigenvalue weighted by Gasteiger charge is -2.17. The number of rotatable bonds is 6. The number of aromatic nitrogens is 4. The van der Waals surface area contributed by atoms with Crippen LogP contribution in [0.4, 0.5) is 22.0 Å². The largest absolute Gasteiger partial charge is 0.497 e. The summed E-state index contributed by atoms with van der Waals surface area (Å²) >= 11 is 0. The monoisotopic (exact) mass is 526 g/mol. The highest BCUT2D eigenvalue weighted by atomic mass is 19.4. The molecule has 0 aliphatic carbocycles. The number of hydrogen-bond donors (Lipinski definition) is 0. The van der Waals surface area contributed by atoms with Gasteiger partial charge in [0.05, 0.1) is 44.3 Å². The van der Waals surface area contributed by atoms with Gasteiger partial charge < -0.3 is 9.47 Å². The summed E-state index contributed by atoms with van der Waals surface area (Å²) in [6, 6.07) is 12.4. The van der Waals surface area contributed by atoms with Gasteiger partial charge in [-0.1, -0.05) is 18.2 Å². The molecule has 0 atom stereocenters. The molecule has 5 rings (SSSR count). The smallest absolute Gasteiger partial charge is 0.417 e. The molecule has 0 radical (unpaired) electrons. The zero-order valence-electron chi connectivity index (χ0n) is 20.1. The first-order chi connectivity index (χ1) is 18.2. The van der Waals surface area contributed by atoms with E-state index in [9.17, 15) is 22.0 Å². The molecule has 194 valence electrons. The number of fused-ring (bicyclic) bond motifs is 1. The first-order valence-electron chi connectivity index (χ1n) is 11.2. The van der Waals surface area contributed by atoms with Crippen LogP contribution in [-0.4, -0.2) is 34.0 Å². The highest BCUT2D eigenvalue weighted by Gasteiger charge is 2.35. The fourth-order valence-corrected chi connectivity index (χ4v) is 4.11. The maximum atomic E-state index is 14.2. The van der Waals surface area contributed by atoms with E-state index in [1.54, 1.807) is 29.1 Å². The summed E-state index contributed by atoms with van der Waals surface area (Å²) in [4.78, 5) is 8.53. The van der Waals surface area contributed by atoms with Crippen molar-refractivity contribution >= 4 is 0 Å². The zero-order chi connectivity index (χ0) is 27.0. The summed E-state index contributed by atoms with van der Waals surface area (Å²) < 4.78 is 81.1. The number of hydrogen-bond acceptors (Lipinski definition) is 5. The van der Waals surface area contributed by atoms with Crippen LogP contribution in [0.15, 0.2) is 67.0 Å². The van der Waals surface area contributed by atoms with Crippen molar-refractivity contribution < 1.29 is 31.4 Å². The summed E-state index contributed by atoms with van der Waals surface area (Å²) in [6.45, 7) is 0.234. The van der Waals surface area contributed by atoms with Crippen LogP contribution in [0.25, 0.3) is 33.9 Å². The molecule has 2 heterocycles. The van der Waals surface area contributed by atoms with Gasteiger partial charge in [-0.05, 0) is 47.5 Å². The Kier molecular flexibility index (Phi) is 6.43. The van der Waals surface area contributed by atoms with E-state index in [0.29, 0.717) is 17.0 Å². The van der Waals surface area contributed by atoms with Crippen molar-refractivity contribution in [3.8, 4) is 45.4 Å². The molecule has 0 aromatic heterocycles. The maximum absolute atomic E-state index is 14.2. The Balaban J connectivity index is 1.47. The van der Waals surface area contributed by atoms with Crippen molar-refractivity contribution in [3.63, 3.8) is 0 Å². The van der Waals surface area contributed by atoms with Crippen LogP contribution < -0.4 is 9.47 Å². The van der Waals surface area contributed by atoms with E-state index >= 15 is 0 Å². The minimum atomic E-state index is -4.60. The first-order valence-corrected chi connectivity index (χ1v) is 11.2. The summed E-state index contributed by atoms with van der Waals surface area (Å²) in [7, 11) is 2.68. The van der Waals surface area contributed by atoms with Crippen LogP contribution in [-0.2, 0) is 12.7 Å². The van der Waals surface area contributed by atoms with E-state index in [-0.39, 0.29) is 40.6 Å². The van der Waals surface area contributed by atoms with E-state index in [0.717, 1.165) is 12.1 Å². The SMILES string of the molecule is COc1ccc(-c2ccc(Cn3cc4nc(-c5cccc(F)c5F)nc-4cn3)cc2OC)c(C(F)(F)F)c1. The topological polar surface area (TPSA) is 62.1 Å². The predicted molar refractivity (Wildman–Crippen MR) is 129 cm³/mol. The van der Waals surface area contributed by atoms with E-state index in [1.165, 1.54) is 44.7 Å². The summed E-state index contributed by atoms with van der Waals surface area (Å²) in [5, 5.41) is 4.29. The number of imidazole rings is 1. The Morgan fingerprint density at radius 3 is 2.34 bits per heavy atom. The van der Waals surface area contributed by atoms with Crippen LogP contribution in [0.3, 0.4) is 0 Å². The number of benzene rings is 3. The fourth-order valence-electron chi connectivity index (χ4n) is 4.11. The Morgan fingerprint density at radius 1 is 0.842 bits per heavy atom. The normalized spacial score (nSPS) is 11.7. The number of nitrogens with zero attached hydrogens (tertiary/aromatic N) is 4. The molecule has 3 aromatic rings. The first kappa shape index (κ1) is 25.1. The number of methoxy groups -OCH3 is 2. The van der Waals surface area contributed by atoms with Gasteiger partial charge in [0.25, 0.3) is 0 Å². The standard InChI is InChI=1S/C27H19F5N4O2/c1-37-16-7-9-17(20(11-16)27(30,31)32)18-8-6-15(10-24(18)38-2)13-36-14-23-22(12-33-36)34-26(35-23)19-4-3-5-21(28)25(19)29/h3-12,14H,13H2,1-2H3. The van der Waals surface area contributed by atoms with Gasteiger partial charge in [0.2, 0.25) is 0 Å². The molecule has 0 bridgehead atoms. The molecule has 2 aliphatic rings. The highest BCUT2D eigenvalue weighted by Crippen LogP contribution is 2.42. The second-order valence-corrected chi connectivity index (χ2v) is 8.33. The lowest BCUT2D eigenvalue weighted by atomic mass is 9.97.